The number of hydrogen-bond acceptors (Lipinski definition) is 3. The summed E-state index contributed by atoms with van der Waals surface area (Å²) in [4.78, 5) is 4.11. The topological polar surface area (TPSA) is 42.2 Å². The van der Waals surface area contributed by atoms with Gasteiger partial charge in [-0.3, -0.25) is 4.98 Å². The van der Waals surface area contributed by atoms with Crippen LogP contribution in [0.1, 0.15) is 24.9 Å². The van der Waals surface area contributed by atoms with Gasteiger partial charge in [0.25, 0.3) is 0 Å². The third-order valence-corrected chi connectivity index (χ3v) is 2.49. The van der Waals surface area contributed by atoms with E-state index in [0.717, 1.165) is 11.9 Å². The fourth-order valence-electron chi connectivity index (χ4n) is 1.70. The molecule has 0 aromatic carbocycles. The van der Waals surface area contributed by atoms with E-state index in [1.54, 1.807) is 6.20 Å². The fourth-order valence-corrected chi connectivity index (χ4v) is 1.70. The van der Waals surface area contributed by atoms with Crippen LogP contribution >= 0.6 is 0 Å². The molecule has 0 spiro atoms. The van der Waals surface area contributed by atoms with E-state index in [2.05, 4.69) is 22.3 Å². The summed E-state index contributed by atoms with van der Waals surface area (Å²) in [6.07, 6.45) is 8.40. The van der Waals surface area contributed by atoms with Gasteiger partial charge in [0.2, 0.25) is 0 Å². The molecule has 2 aromatic rings. The van der Waals surface area contributed by atoms with E-state index in [0.29, 0.717) is 6.04 Å². The minimum absolute atomic E-state index is 0.358. The Kier molecular flexibility index (Phi) is 2.45. The molecule has 1 unspecified atom stereocenters. The summed E-state index contributed by atoms with van der Waals surface area (Å²) in [7, 11) is 1.97. The molecule has 0 aliphatic rings. The summed E-state index contributed by atoms with van der Waals surface area (Å²) in [5.41, 5.74) is 2.29. The van der Waals surface area contributed by atoms with Gasteiger partial charge in [-0.2, -0.15) is 5.10 Å². The molecule has 74 valence electrons. The molecule has 4 nitrogen and oxygen atoms in total. The van der Waals surface area contributed by atoms with Crippen molar-refractivity contribution in [1.29, 1.82) is 0 Å². The number of hydrogen-bond donors (Lipinski definition) is 1. The Hall–Kier alpha value is -1.42. The minimum atomic E-state index is 0.358. The zero-order chi connectivity index (χ0) is 9.97. The van der Waals surface area contributed by atoms with Gasteiger partial charge in [0.1, 0.15) is 0 Å². The van der Waals surface area contributed by atoms with E-state index in [4.69, 9.17) is 0 Å². The molecule has 4 heteroatoms. The monoisotopic (exact) mass is 190 g/mol. The van der Waals surface area contributed by atoms with Crippen LogP contribution in [-0.4, -0.2) is 21.6 Å². The second kappa shape index (κ2) is 3.75. The van der Waals surface area contributed by atoms with Crippen molar-refractivity contribution in [3.63, 3.8) is 0 Å². The van der Waals surface area contributed by atoms with Crippen molar-refractivity contribution in [2.75, 3.05) is 7.05 Å². The van der Waals surface area contributed by atoms with Gasteiger partial charge in [0.15, 0.2) is 0 Å². The number of nitrogens with zero attached hydrogens (tertiary/aromatic N) is 3. The lowest BCUT2D eigenvalue weighted by molar-refractivity contribution is 0.580. The maximum atomic E-state index is 4.27. The molecule has 2 aromatic heterocycles. The van der Waals surface area contributed by atoms with Gasteiger partial charge in [0, 0.05) is 24.0 Å². The molecule has 0 fully saturated rings. The summed E-state index contributed by atoms with van der Waals surface area (Å²) in [6.45, 7) is 2.15. The number of fused-ring (bicyclic) bond motifs is 1. The Balaban J connectivity index is 2.51. The molecular formula is C10H14N4. The second-order valence-corrected chi connectivity index (χ2v) is 3.26. The first kappa shape index (κ1) is 9.15. The Labute approximate surface area is 83.0 Å². The van der Waals surface area contributed by atoms with Gasteiger partial charge in [-0.15, -0.1) is 0 Å². The normalized spacial score (nSPS) is 13.3. The van der Waals surface area contributed by atoms with E-state index < -0.39 is 0 Å². The highest BCUT2D eigenvalue weighted by atomic mass is 15.2. The largest absolute Gasteiger partial charge is 0.313 e. The van der Waals surface area contributed by atoms with E-state index >= 15 is 0 Å². The fraction of sp³-hybridized carbons (Fsp3) is 0.400. The first-order valence-electron chi connectivity index (χ1n) is 4.81. The van der Waals surface area contributed by atoms with Crippen LogP contribution in [0.4, 0.5) is 0 Å². The first-order valence-corrected chi connectivity index (χ1v) is 4.81. The van der Waals surface area contributed by atoms with Crippen LogP contribution in [0.3, 0.4) is 0 Å². The first-order chi connectivity index (χ1) is 6.86. The number of nitrogens with one attached hydrogen (secondary N) is 1. The predicted molar refractivity (Wildman–Crippen MR) is 55.1 cm³/mol. The molecule has 0 aliphatic carbocycles. The second-order valence-electron chi connectivity index (χ2n) is 3.26. The van der Waals surface area contributed by atoms with Crippen molar-refractivity contribution in [3.8, 4) is 0 Å². The number of rotatable bonds is 3. The molecule has 14 heavy (non-hydrogen) atoms. The molecule has 0 aliphatic heterocycles. The van der Waals surface area contributed by atoms with Crippen LogP contribution in [0.15, 0.2) is 24.8 Å². The minimum Gasteiger partial charge on any atom is -0.313 e. The summed E-state index contributed by atoms with van der Waals surface area (Å²) in [5, 5.41) is 7.54. The standard InChI is InChI=1S/C10H14N4/c1-3-9(11-2)8-6-13-14-5-4-12-7-10(8)14/h4-7,9,11H,3H2,1-2H3. The van der Waals surface area contributed by atoms with Crippen LogP contribution in [0.25, 0.3) is 5.52 Å². The lowest BCUT2D eigenvalue weighted by atomic mass is 10.1. The van der Waals surface area contributed by atoms with Crippen LogP contribution in [-0.2, 0) is 0 Å². The Morgan fingerprint density at radius 1 is 1.50 bits per heavy atom. The molecule has 1 atom stereocenters. The third-order valence-electron chi connectivity index (χ3n) is 2.49. The molecular weight excluding hydrogens is 176 g/mol. The molecule has 0 radical (unpaired) electrons. The summed E-state index contributed by atoms with van der Waals surface area (Å²) in [5.74, 6) is 0. The van der Waals surface area contributed by atoms with Gasteiger partial charge in [-0.25, -0.2) is 4.52 Å². The Morgan fingerprint density at radius 2 is 2.36 bits per heavy atom. The maximum absolute atomic E-state index is 4.27. The molecule has 0 saturated carbocycles. The summed E-state index contributed by atoms with van der Waals surface area (Å²) >= 11 is 0. The van der Waals surface area contributed by atoms with E-state index in [9.17, 15) is 0 Å². The zero-order valence-corrected chi connectivity index (χ0v) is 8.44. The van der Waals surface area contributed by atoms with Crippen molar-refractivity contribution in [2.24, 2.45) is 0 Å². The van der Waals surface area contributed by atoms with E-state index in [-0.39, 0.29) is 0 Å². The summed E-state index contributed by atoms with van der Waals surface area (Å²) in [6, 6.07) is 0.358. The van der Waals surface area contributed by atoms with Crippen molar-refractivity contribution in [2.45, 2.75) is 19.4 Å². The lowest BCUT2D eigenvalue weighted by Crippen LogP contribution is -2.14. The Bertz CT molecular complexity index is 417. The van der Waals surface area contributed by atoms with Crippen LogP contribution < -0.4 is 5.32 Å². The molecule has 0 bridgehead atoms. The van der Waals surface area contributed by atoms with Crippen molar-refractivity contribution in [3.05, 3.63) is 30.4 Å². The van der Waals surface area contributed by atoms with Crippen molar-refractivity contribution < 1.29 is 0 Å². The molecule has 2 heterocycles. The van der Waals surface area contributed by atoms with E-state index in [1.165, 1.54) is 5.56 Å². The summed E-state index contributed by atoms with van der Waals surface area (Å²) < 4.78 is 1.85. The van der Waals surface area contributed by atoms with E-state index in [1.807, 2.05) is 30.2 Å². The van der Waals surface area contributed by atoms with Crippen LogP contribution in [0, 0.1) is 0 Å². The van der Waals surface area contributed by atoms with Gasteiger partial charge in [0.05, 0.1) is 17.9 Å². The van der Waals surface area contributed by atoms with Crippen molar-refractivity contribution >= 4 is 5.52 Å². The third kappa shape index (κ3) is 1.37. The maximum Gasteiger partial charge on any atom is 0.0892 e. The van der Waals surface area contributed by atoms with Gasteiger partial charge < -0.3 is 5.32 Å². The zero-order valence-electron chi connectivity index (χ0n) is 8.44. The average Bonchev–Trinajstić information content (AvgIpc) is 2.65. The molecule has 0 amide bonds. The average molecular weight is 190 g/mol. The lowest BCUT2D eigenvalue weighted by Gasteiger charge is -2.11. The molecule has 2 rings (SSSR count). The highest BCUT2D eigenvalue weighted by Crippen LogP contribution is 2.20. The van der Waals surface area contributed by atoms with Crippen molar-refractivity contribution in [1.82, 2.24) is 19.9 Å². The quantitative estimate of drug-likeness (QED) is 0.795. The van der Waals surface area contributed by atoms with Gasteiger partial charge in [-0.1, -0.05) is 6.92 Å². The predicted octanol–water partition coefficient (Wildman–Crippen LogP) is 1.40. The van der Waals surface area contributed by atoms with Gasteiger partial charge >= 0.3 is 0 Å². The number of aromatic nitrogens is 3. The highest BCUT2D eigenvalue weighted by molar-refractivity contribution is 5.53. The Morgan fingerprint density at radius 3 is 3.07 bits per heavy atom. The molecule has 1 N–H and O–H groups in total. The molecule has 0 saturated heterocycles. The van der Waals surface area contributed by atoms with Crippen LogP contribution in [0.2, 0.25) is 0 Å². The smallest absolute Gasteiger partial charge is 0.0892 e. The SMILES string of the molecule is CCC(NC)c1cnn2ccncc12. The van der Waals surface area contributed by atoms with Crippen LogP contribution in [0.5, 0.6) is 0 Å². The van der Waals surface area contributed by atoms with Gasteiger partial charge in [-0.05, 0) is 13.5 Å². The highest BCUT2D eigenvalue weighted by Gasteiger charge is 2.12.